The van der Waals surface area contributed by atoms with Gasteiger partial charge in [-0.2, -0.15) is 0 Å². The molecule has 2 nitrogen and oxygen atoms in total. The molecule has 1 N–H and O–H groups in total. The van der Waals surface area contributed by atoms with E-state index in [0.29, 0.717) is 24.0 Å². The Morgan fingerprint density at radius 2 is 2.50 bits per heavy atom. The fourth-order valence-electron chi connectivity index (χ4n) is 2.25. The molecule has 0 radical (unpaired) electrons. The summed E-state index contributed by atoms with van der Waals surface area (Å²) in [6, 6.07) is 0. The Morgan fingerprint density at radius 1 is 1.70 bits per heavy atom. The van der Waals surface area contributed by atoms with Crippen LogP contribution < -0.4 is 0 Å². The average molecular weight is 142 g/mol. The van der Waals surface area contributed by atoms with Gasteiger partial charge in [0.05, 0.1) is 6.10 Å². The minimum absolute atomic E-state index is 0.355. The van der Waals surface area contributed by atoms with Gasteiger partial charge in [0.25, 0.3) is 0 Å². The number of ether oxygens (including phenoxy) is 1. The van der Waals surface area contributed by atoms with Crippen molar-refractivity contribution < 1.29 is 9.84 Å². The SMILES string of the molecule is CC1OCCC12CC2CO. The third-order valence-electron chi connectivity index (χ3n) is 3.24. The second-order valence-electron chi connectivity index (χ2n) is 3.58. The third-order valence-corrected chi connectivity index (χ3v) is 3.24. The molecule has 1 spiro atoms. The molecule has 1 saturated heterocycles. The Balaban J connectivity index is 2.04. The smallest absolute Gasteiger partial charge is 0.0607 e. The highest BCUT2D eigenvalue weighted by atomic mass is 16.5. The van der Waals surface area contributed by atoms with Crippen LogP contribution in [-0.2, 0) is 4.74 Å². The van der Waals surface area contributed by atoms with Gasteiger partial charge in [0, 0.05) is 18.6 Å². The van der Waals surface area contributed by atoms with Crippen LogP contribution in [0.4, 0.5) is 0 Å². The zero-order chi connectivity index (χ0) is 7.19. The van der Waals surface area contributed by atoms with Crippen LogP contribution in [0.15, 0.2) is 0 Å². The molecule has 1 aliphatic carbocycles. The molecular formula is C8H14O2. The summed E-state index contributed by atoms with van der Waals surface area (Å²) in [5.41, 5.74) is 0.398. The predicted octanol–water partition coefficient (Wildman–Crippen LogP) is 0.794. The molecule has 58 valence electrons. The van der Waals surface area contributed by atoms with E-state index in [1.165, 1.54) is 12.8 Å². The van der Waals surface area contributed by atoms with Crippen LogP contribution in [0.3, 0.4) is 0 Å². The van der Waals surface area contributed by atoms with E-state index in [0.717, 1.165) is 6.61 Å². The van der Waals surface area contributed by atoms with E-state index in [4.69, 9.17) is 9.84 Å². The van der Waals surface area contributed by atoms with Crippen LogP contribution in [0.5, 0.6) is 0 Å². The van der Waals surface area contributed by atoms with E-state index in [1.807, 2.05) is 0 Å². The first-order chi connectivity index (χ1) is 4.79. The minimum Gasteiger partial charge on any atom is -0.396 e. The van der Waals surface area contributed by atoms with Gasteiger partial charge < -0.3 is 9.84 Å². The van der Waals surface area contributed by atoms with Gasteiger partial charge in [0.15, 0.2) is 0 Å². The third kappa shape index (κ3) is 0.663. The lowest BCUT2D eigenvalue weighted by molar-refractivity contribution is 0.0907. The number of aliphatic hydroxyl groups excluding tert-OH is 1. The molecule has 2 rings (SSSR count). The molecule has 0 amide bonds. The molecular weight excluding hydrogens is 128 g/mol. The molecule has 10 heavy (non-hydrogen) atoms. The summed E-state index contributed by atoms with van der Waals surface area (Å²) in [6.45, 7) is 3.38. The molecule has 2 fully saturated rings. The second-order valence-corrected chi connectivity index (χ2v) is 3.58. The fraction of sp³-hybridized carbons (Fsp3) is 1.00. The van der Waals surface area contributed by atoms with Gasteiger partial charge >= 0.3 is 0 Å². The van der Waals surface area contributed by atoms with E-state index in [9.17, 15) is 0 Å². The Morgan fingerprint density at radius 3 is 2.90 bits per heavy atom. The zero-order valence-electron chi connectivity index (χ0n) is 6.34. The molecule has 0 bridgehead atoms. The molecule has 3 atom stereocenters. The number of hydrogen-bond acceptors (Lipinski definition) is 2. The lowest BCUT2D eigenvalue weighted by atomic mass is 9.96. The standard InChI is InChI=1S/C8H14O2/c1-6-8(2-3-10-6)4-7(8)5-9/h6-7,9H,2-5H2,1H3. The number of rotatable bonds is 1. The largest absolute Gasteiger partial charge is 0.396 e. The lowest BCUT2D eigenvalue weighted by Crippen LogP contribution is -2.15. The van der Waals surface area contributed by atoms with Crippen LogP contribution in [-0.4, -0.2) is 24.4 Å². The molecule has 3 unspecified atom stereocenters. The van der Waals surface area contributed by atoms with Crippen LogP contribution in [0.2, 0.25) is 0 Å². The molecule has 0 aromatic heterocycles. The van der Waals surface area contributed by atoms with Crippen LogP contribution in [0, 0.1) is 11.3 Å². The first-order valence-electron chi connectivity index (χ1n) is 4.02. The summed E-state index contributed by atoms with van der Waals surface area (Å²) in [6.07, 6.45) is 2.74. The molecule has 1 heterocycles. The van der Waals surface area contributed by atoms with Crippen molar-refractivity contribution in [3.63, 3.8) is 0 Å². The minimum atomic E-state index is 0.355. The van der Waals surface area contributed by atoms with Gasteiger partial charge in [0.1, 0.15) is 0 Å². The molecule has 0 aromatic rings. The van der Waals surface area contributed by atoms with Gasteiger partial charge in [-0.15, -0.1) is 0 Å². The summed E-state index contributed by atoms with van der Waals surface area (Å²) in [5.74, 6) is 0.546. The average Bonchev–Trinajstić information content (AvgIpc) is 2.52. The topological polar surface area (TPSA) is 29.5 Å². The van der Waals surface area contributed by atoms with E-state index < -0.39 is 0 Å². The molecule has 2 aliphatic rings. The van der Waals surface area contributed by atoms with Crippen molar-refractivity contribution in [3.05, 3.63) is 0 Å². The summed E-state index contributed by atoms with van der Waals surface area (Å²) in [4.78, 5) is 0. The first kappa shape index (κ1) is 6.62. The van der Waals surface area contributed by atoms with Gasteiger partial charge in [0.2, 0.25) is 0 Å². The highest BCUT2D eigenvalue weighted by Crippen LogP contribution is 2.60. The highest BCUT2D eigenvalue weighted by Gasteiger charge is 2.59. The predicted molar refractivity (Wildman–Crippen MR) is 37.7 cm³/mol. The van der Waals surface area contributed by atoms with E-state index in [1.54, 1.807) is 0 Å². The monoisotopic (exact) mass is 142 g/mol. The van der Waals surface area contributed by atoms with Crippen molar-refractivity contribution in [1.82, 2.24) is 0 Å². The van der Waals surface area contributed by atoms with Crippen molar-refractivity contribution in [2.24, 2.45) is 11.3 Å². The Bertz CT molecular complexity index is 146. The maximum absolute atomic E-state index is 8.89. The quantitative estimate of drug-likeness (QED) is 0.586. The maximum atomic E-state index is 8.89. The molecule has 2 heteroatoms. The molecule has 1 saturated carbocycles. The summed E-state index contributed by atoms with van der Waals surface area (Å²) in [7, 11) is 0. The zero-order valence-corrected chi connectivity index (χ0v) is 6.34. The second kappa shape index (κ2) is 1.95. The molecule has 0 aromatic carbocycles. The highest BCUT2D eigenvalue weighted by molar-refractivity contribution is 5.07. The van der Waals surface area contributed by atoms with Crippen molar-refractivity contribution in [3.8, 4) is 0 Å². The van der Waals surface area contributed by atoms with Crippen molar-refractivity contribution in [2.75, 3.05) is 13.2 Å². The number of hydrogen-bond donors (Lipinski definition) is 1. The van der Waals surface area contributed by atoms with Crippen molar-refractivity contribution >= 4 is 0 Å². The fourth-order valence-corrected chi connectivity index (χ4v) is 2.25. The van der Waals surface area contributed by atoms with Crippen molar-refractivity contribution in [1.29, 1.82) is 0 Å². The Labute approximate surface area is 61.2 Å². The Kier molecular flexibility index (Phi) is 1.29. The first-order valence-corrected chi connectivity index (χ1v) is 4.02. The van der Waals surface area contributed by atoms with Crippen LogP contribution >= 0.6 is 0 Å². The normalized spacial score (nSPS) is 52.2. The summed E-state index contributed by atoms with van der Waals surface area (Å²) >= 11 is 0. The lowest BCUT2D eigenvalue weighted by Gasteiger charge is -2.12. The van der Waals surface area contributed by atoms with Gasteiger partial charge in [-0.25, -0.2) is 0 Å². The van der Waals surface area contributed by atoms with Crippen LogP contribution in [0.25, 0.3) is 0 Å². The molecule has 1 aliphatic heterocycles. The van der Waals surface area contributed by atoms with Gasteiger partial charge in [-0.1, -0.05) is 0 Å². The maximum Gasteiger partial charge on any atom is 0.0607 e. The van der Waals surface area contributed by atoms with E-state index >= 15 is 0 Å². The van der Waals surface area contributed by atoms with Crippen LogP contribution in [0.1, 0.15) is 19.8 Å². The summed E-state index contributed by atoms with van der Waals surface area (Å²) in [5, 5.41) is 8.89. The van der Waals surface area contributed by atoms with E-state index in [2.05, 4.69) is 6.92 Å². The number of aliphatic hydroxyl groups is 1. The Hall–Kier alpha value is -0.0800. The van der Waals surface area contributed by atoms with E-state index in [-0.39, 0.29) is 0 Å². The van der Waals surface area contributed by atoms with Gasteiger partial charge in [-0.05, 0) is 25.7 Å². The van der Waals surface area contributed by atoms with Gasteiger partial charge in [-0.3, -0.25) is 0 Å². The summed E-state index contributed by atoms with van der Waals surface area (Å²) < 4.78 is 5.45. The van der Waals surface area contributed by atoms with Crippen molar-refractivity contribution in [2.45, 2.75) is 25.9 Å².